The number of benzene rings is 1. The van der Waals surface area contributed by atoms with Gasteiger partial charge in [0.1, 0.15) is 0 Å². The molecule has 0 saturated heterocycles. The third kappa shape index (κ3) is 2.13. The lowest BCUT2D eigenvalue weighted by Gasteiger charge is -2.02. The van der Waals surface area contributed by atoms with E-state index in [1.54, 1.807) is 18.2 Å². The Labute approximate surface area is 76.5 Å². The number of phenolic OH excluding ortho intramolecular Hbond substituents is 1. The second-order valence-electron chi connectivity index (χ2n) is 2.14. The van der Waals surface area contributed by atoms with Gasteiger partial charge in [-0.15, -0.1) is 0 Å². The number of hydrogen-bond acceptors (Lipinski definition) is 2. The molecule has 0 aliphatic heterocycles. The molecule has 0 aliphatic carbocycles. The van der Waals surface area contributed by atoms with Gasteiger partial charge in [-0.2, -0.15) is 0 Å². The van der Waals surface area contributed by atoms with Crippen molar-refractivity contribution >= 4 is 17.0 Å². The SMILES string of the molecule is C=Cc1ccc(OC)c(O)c1.[Si]. The summed E-state index contributed by atoms with van der Waals surface area (Å²) in [6.07, 6.45) is 1.67. The van der Waals surface area contributed by atoms with E-state index < -0.39 is 0 Å². The van der Waals surface area contributed by atoms with Crippen molar-refractivity contribution in [1.82, 2.24) is 0 Å². The summed E-state index contributed by atoms with van der Waals surface area (Å²) in [7, 11) is 1.52. The van der Waals surface area contributed by atoms with Gasteiger partial charge in [0.05, 0.1) is 7.11 Å². The van der Waals surface area contributed by atoms with Crippen LogP contribution in [-0.2, 0) is 0 Å². The molecule has 0 atom stereocenters. The maximum absolute atomic E-state index is 9.25. The van der Waals surface area contributed by atoms with E-state index >= 15 is 0 Å². The fourth-order valence-corrected chi connectivity index (χ4v) is 0.834. The highest BCUT2D eigenvalue weighted by Gasteiger charge is 1.98. The van der Waals surface area contributed by atoms with Crippen LogP contribution in [0.15, 0.2) is 24.8 Å². The Hall–Kier alpha value is -1.22. The van der Waals surface area contributed by atoms with Gasteiger partial charge in [0.25, 0.3) is 0 Å². The molecule has 0 bridgehead atoms. The van der Waals surface area contributed by atoms with Crippen molar-refractivity contribution in [1.29, 1.82) is 0 Å². The summed E-state index contributed by atoms with van der Waals surface area (Å²) in [6.45, 7) is 3.58. The van der Waals surface area contributed by atoms with Crippen LogP contribution in [0.25, 0.3) is 6.08 Å². The zero-order valence-electron chi connectivity index (χ0n) is 6.87. The Kier molecular flexibility index (Phi) is 4.14. The fourth-order valence-electron chi connectivity index (χ4n) is 0.834. The van der Waals surface area contributed by atoms with Crippen molar-refractivity contribution < 1.29 is 9.84 Å². The number of rotatable bonds is 2. The first-order valence-electron chi connectivity index (χ1n) is 3.27. The topological polar surface area (TPSA) is 29.5 Å². The Morgan fingerprint density at radius 2 is 2.17 bits per heavy atom. The highest BCUT2D eigenvalue weighted by atomic mass is 28.1. The van der Waals surface area contributed by atoms with E-state index in [2.05, 4.69) is 6.58 Å². The summed E-state index contributed by atoms with van der Waals surface area (Å²) in [5, 5.41) is 9.25. The van der Waals surface area contributed by atoms with Crippen LogP contribution in [0, 0.1) is 0 Å². The van der Waals surface area contributed by atoms with Crippen LogP contribution in [0.4, 0.5) is 0 Å². The molecule has 0 aliphatic rings. The van der Waals surface area contributed by atoms with Crippen molar-refractivity contribution in [3.05, 3.63) is 30.3 Å². The molecule has 0 amide bonds. The summed E-state index contributed by atoms with van der Waals surface area (Å²) in [6, 6.07) is 5.13. The van der Waals surface area contributed by atoms with Gasteiger partial charge >= 0.3 is 0 Å². The van der Waals surface area contributed by atoms with Gasteiger partial charge in [0, 0.05) is 11.0 Å². The lowest BCUT2D eigenvalue weighted by molar-refractivity contribution is 0.373. The second kappa shape index (κ2) is 4.61. The average Bonchev–Trinajstić information content (AvgIpc) is 2.04. The molecule has 0 aromatic heterocycles. The first-order chi connectivity index (χ1) is 5.27. The molecule has 62 valence electrons. The zero-order chi connectivity index (χ0) is 8.27. The van der Waals surface area contributed by atoms with E-state index in [0.717, 1.165) is 5.56 Å². The largest absolute Gasteiger partial charge is 0.504 e. The highest BCUT2D eigenvalue weighted by molar-refractivity contribution is 5.75. The molecule has 0 fully saturated rings. The monoisotopic (exact) mass is 178 g/mol. The Morgan fingerprint density at radius 3 is 2.58 bits per heavy atom. The summed E-state index contributed by atoms with van der Waals surface area (Å²) in [4.78, 5) is 0. The van der Waals surface area contributed by atoms with Crippen molar-refractivity contribution in [3.63, 3.8) is 0 Å². The van der Waals surface area contributed by atoms with Gasteiger partial charge in [0.2, 0.25) is 0 Å². The van der Waals surface area contributed by atoms with Gasteiger partial charge in [-0.05, 0) is 17.7 Å². The van der Waals surface area contributed by atoms with Crippen molar-refractivity contribution in [2.75, 3.05) is 7.11 Å². The van der Waals surface area contributed by atoms with E-state index in [1.165, 1.54) is 7.11 Å². The predicted molar refractivity (Wildman–Crippen MR) is 50.5 cm³/mol. The van der Waals surface area contributed by atoms with Gasteiger partial charge in [-0.25, -0.2) is 0 Å². The minimum absolute atomic E-state index is 0. The van der Waals surface area contributed by atoms with Crippen LogP contribution in [0.1, 0.15) is 5.56 Å². The highest BCUT2D eigenvalue weighted by Crippen LogP contribution is 2.26. The van der Waals surface area contributed by atoms with Gasteiger partial charge < -0.3 is 9.84 Å². The summed E-state index contributed by atoms with van der Waals surface area (Å²) >= 11 is 0. The van der Waals surface area contributed by atoms with Crippen LogP contribution in [-0.4, -0.2) is 23.2 Å². The Morgan fingerprint density at radius 1 is 1.50 bits per heavy atom. The lowest BCUT2D eigenvalue weighted by atomic mass is 10.2. The molecular weight excluding hydrogens is 168 g/mol. The van der Waals surface area contributed by atoms with E-state index in [4.69, 9.17) is 4.74 Å². The summed E-state index contributed by atoms with van der Waals surface area (Å²) < 4.78 is 4.86. The first-order valence-corrected chi connectivity index (χ1v) is 3.27. The van der Waals surface area contributed by atoms with E-state index in [-0.39, 0.29) is 16.7 Å². The molecule has 12 heavy (non-hydrogen) atoms. The van der Waals surface area contributed by atoms with Gasteiger partial charge in [0.15, 0.2) is 11.5 Å². The lowest BCUT2D eigenvalue weighted by Crippen LogP contribution is -1.83. The fraction of sp³-hybridized carbons (Fsp3) is 0.111. The molecule has 0 saturated carbocycles. The molecule has 1 aromatic rings. The van der Waals surface area contributed by atoms with Crippen LogP contribution in [0.3, 0.4) is 0 Å². The average molecular weight is 178 g/mol. The molecule has 0 unspecified atom stereocenters. The van der Waals surface area contributed by atoms with E-state index in [9.17, 15) is 5.11 Å². The van der Waals surface area contributed by atoms with E-state index in [0.29, 0.717) is 5.75 Å². The summed E-state index contributed by atoms with van der Waals surface area (Å²) in [5.41, 5.74) is 0.878. The molecule has 0 heterocycles. The number of aromatic hydroxyl groups is 1. The standard InChI is InChI=1S/C9H10O2.Si/c1-3-7-4-5-9(11-2)8(10)6-7;/h3-6,10H,1H2,2H3;. The maximum atomic E-state index is 9.25. The molecule has 1 rings (SSSR count). The molecule has 4 radical (unpaired) electrons. The third-order valence-corrected chi connectivity index (χ3v) is 1.44. The normalized spacial score (nSPS) is 8.42. The summed E-state index contributed by atoms with van der Waals surface area (Å²) in [5.74, 6) is 0.625. The molecule has 3 heteroatoms. The number of methoxy groups -OCH3 is 1. The Bertz CT molecular complexity index is 271. The second-order valence-corrected chi connectivity index (χ2v) is 2.14. The molecule has 2 nitrogen and oxygen atoms in total. The quantitative estimate of drug-likeness (QED) is 0.698. The third-order valence-electron chi connectivity index (χ3n) is 1.44. The molecular formula is C9H10O2Si. The minimum Gasteiger partial charge on any atom is -0.504 e. The predicted octanol–water partition coefficient (Wildman–Crippen LogP) is 1.66. The van der Waals surface area contributed by atoms with Gasteiger partial charge in [-0.1, -0.05) is 18.7 Å². The zero-order valence-corrected chi connectivity index (χ0v) is 7.87. The number of hydrogen-bond donors (Lipinski definition) is 1. The smallest absolute Gasteiger partial charge is 0.160 e. The number of phenols is 1. The van der Waals surface area contributed by atoms with Crippen molar-refractivity contribution in [2.24, 2.45) is 0 Å². The van der Waals surface area contributed by atoms with Crippen LogP contribution >= 0.6 is 0 Å². The maximum Gasteiger partial charge on any atom is 0.160 e. The van der Waals surface area contributed by atoms with Crippen LogP contribution in [0.5, 0.6) is 11.5 Å². The minimum atomic E-state index is 0. The number of ether oxygens (including phenoxy) is 1. The molecule has 0 spiro atoms. The first kappa shape index (κ1) is 10.8. The van der Waals surface area contributed by atoms with Crippen molar-refractivity contribution in [2.45, 2.75) is 0 Å². The molecule has 1 N–H and O–H groups in total. The molecule has 1 aromatic carbocycles. The Balaban J connectivity index is 0.00000121. The van der Waals surface area contributed by atoms with Crippen molar-refractivity contribution in [3.8, 4) is 11.5 Å². The van der Waals surface area contributed by atoms with E-state index in [1.807, 2.05) is 6.07 Å². The van der Waals surface area contributed by atoms with Gasteiger partial charge in [-0.3, -0.25) is 0 Å². The van der Waals surface area contributed by atoms with Crippen LogP contribution < -0.4 is 4.74 Å². The van der Waals surface area contributed by atoms with Crippen LogP contribution in [0.2, 0.25) is 0 Å².